The maximum Gasteiger partial charge on any atom is 0.232 e. The number of oxazole rings is 1. The molecular formula is C17H22N2O3S. The van der Waals surface area contributed by atoms with Crippen LogP contribution in [0.5, 0.6) is 0 Å². The number of aromatic nitrogens is 1. The fraction of sp³-hybridized carbons (Fsp3) is 0.412. The fourth-order valence-electron chi connectivity index (χ4n) is 1.98. The van der Waals surface area contributed by atoms with Crippen LogP contribution in [0, 0.1) is 12.8 Å². The lowest BCUT2D eigenvalue weighted by Gasteiger charge is -2.07. The summed E-state index contributed by atoms with van der Waals surface area (Å²) in [5.74, 6) is 1.54. The topological polar surface area (TPSA) is 72.2 Å². The number of benzene rings is 1. The van der Waals surface area contributed by atoms with Gasteiger partial charge in [0.25, 0.3) is 0 Å². The fourth-order valence-corrected chi connectivity index (χ4v) is 3.05. The summed E-state index contributed by atoms with van der Waals surface area (Å²) in [5, 5.41) is 2.77. The molecule has 0 saturated carbocycles. The van der Waals surface area contributed by atoms with Crippen molar-refractivity contribution in [1.82, 2.24) is 10.3 Å². The molecule has 2 aromatic rings. The number of nitrogens with zero attached hydrogens (tertiary/aromatic N) is 1. The quantitative estimate of drug-likeness (QED) is 0.845. The Morgan fingerprint density at radius 1 is 1.30 bits per heavy atom. The van der Waals surface area contributed by atoms with Gasteiger partial charge in [-0.3, -0.25) is 9.00 Å². The molecule has 1 unspecified atom stereocenters. The van der Waals surface area contributed by atoms with Crippen LogP contribution in [0.1, 0.15) is 25.3 Å². The number of carbonyl (C=O) groups excluding carboxylic acids is 1. The van der Waals surface area contributed by atoms with Gasteiger partial charge in [0.1, 0.15) is 11.5 Å². The summed E-state index contributed by atoms with van der Waals surface area (Å²) in [6.07, 6.45) is 0. The van der Waals surface area contributed by atoms with E-state index in [0.717, 1.165) is 5.56 Å². The van der Waals surface area contributed by atoms with Gasteiger partial charge in [-0.25, -0.2) is 4.98 Å². The van der Waals surface area contributed by atoms with Crippen molar-refractivity contribution in [3.63, 3.8) is 0 Å². The predicted molar refractivity (Wildman–Crippen MR) is 91.2 cm³/mol. The zero-order valence-corrected chi connectivity index (χ0v) is 14.5. The maximum absolute atomic E-state index is 12.1. The molecule has 1 amide bonds. The van der Waals surface area contributed by atoms with E-state index in [4.69, 9.17) is 4.42 Å². The summed E-state index contributed by atoms with van der Waals surface area (Å²) in [6.45, 7) is 6.42. The van der Waals surface area contributed by atoms with E-state index < -0.39 is 10.8 Å². The van der Waals surface area contributed by atoms with Gasteiger partial charge in [0.15, 0.2) is 0 Å². The van der Waals surface area contributed by atoms with E-state index in [1.807, 2.05) is 44.2 Å². The highest BCUT2D eigenvalue weighted by Crippen LogP contribution is 2.22. The number of amides is 1. The van der Waals surface area contributed by atoms with Crippen LogP contribution in [0.4, 0.5) is 0 Å². The van der Waals surface area contributed by atoms with Crippen LogP contribution < -0.4 is 5.32 Å². The summed E-state index contributed by atoms with van der Waals surface area (Å²) < 4.78 is 17.8. The molecule has 0 saturated heterocycles. The SMILES string of the molecule is Cc1oc(-c2ccccc2)nc1CS(=O)CC(=O)NCC(C)C. The lowest BCUT2D eigenvalue weighted by atomic mass is 10.2. The first-order valence-corrected chi connectivity index (χ1v) is 9.08. The smallest absolute Gasteiger partial charge is 0.232 e. The highest BCUT2D eigenvalue weighted by Gasteiger charge is 2.16. The van der Waals surface area contributed by atoms with E-state index in [1.54, 1.807) is 6.92 Å². The Kier molecular flexibility index (Phi) is 6.10. The lowest BCUT2D eigenvalue weighted by molar-refractivity contribution is -0.118. The van der Waals surface area contributed by atoms with Gasteiger partial charge in [0, 0.05) is 22.9 Å². The molecule has 1 atom stereocenters. The zero-order chi connectivity index (χ0) is 16.8. The van der Waals surface area contributed by atoms with Gasteiger partial charge in [0.2, 0.25) is 11.8 Å². The summed E-state index contributed by atoms with van der Waals surface area (Å²) in [7, 11) is -1.30. The molecule has 0 aliphatic carbocycles. The number of nitrogens with one attached hydrogen (secondary N) is 1. The van der Waals surface area contributed by atoms with Gasteiger partial charge in [-0.2, -0.15) is 0 Å². The molecule has 0 radical (unpaired) electrons. The average Bonchev–Trinajstić information content (AvgIpc) is 2.87. The molecule has 1 N–H and O–H groups in total. The minimum absolute atomic E-state index is 0.0142. The third-order valence-electron chi connectivity index (χ3n) is 3.21. The van der Waals surface area contributed by atoms with Crippen molar-refractivity contribution >= 4 is 16.7 Å². The zero-order valence-electron chi connectivity index (χ0n) is 13.7. The van der Waals surface area contributed by atoms with E-state index in [2.05, 4.69) is 10.3 Å². The Balaban J connectivity index is 1.96. The molecule has 1 aromatic carbocycles. The minimum atomic E-state index is -1.30. The normalized spacial score (nSPS) is 12.3. The summed E-state index contributed by atoms with van der Waals surface area (Å²) in [5.41, 5.74) is 1.51. The van der Waals surface area contributed by atoms with Gasteiger partial charge in [0.05, 0.1) is 11.4 Å². The Morgan fingerprint density at radius 3 is 2.65 bits per heavy atom. The van der Waals surface area contributed by atoms with Gasteiger partial charge >= 0.3 is 0 Å². The van der Waals surface area contributed by atoms with E-state index in [0.29, 0.717) is 29.8 Å². The summed E-state index contributed by atoms with van der Waals surface area (Å²) in [6, 6.07) is 9.55. The number of rotatable bonds is 7. The highest BCUT2D eigenvalue weighted by atomic mass is 32.2. The second-order valence-electron chi connectivity index (χ2n) is 5.81. The molecule has 0 fully saturated rings. The molecule has 0 aliphatic rings. The van der Waals surface area contributed by atoms with Crippen molar-refractivity contribution in [3.05, 3.63) is 41.8 Å². The standard InChI is InChI=1S/C17H22N2O3S/c1-12(2)9-18-16(20)11-23(21)10-15-13(3)22-17(19-15)14-7-5-4-6-8-14/h4-8,12H,9-11H2,1-3H3,(H,18,20). The van der Waals surface area contributed by atoms with E-state index in [-0.39, 0.29) is 17.4 Å². The Morgan fingerprint density at radius 2 is 2.00 bits per heavy atom. The molecular weight excluding hydrogens is 312 g/mol. The molecule has 1 heterocycles. The molecule has 124 valence electrons. The summed E-state index contributed by atoms with van der Waals surface area (Å²) in [4.78, 5) is 16.1. The van der Waals surface area contributed by atoms with Crippen molar-refractivity contribution in [2.45, 2.75) is 26.5 Å². The number of hydrogen-bond acceptors (Lipinski definition) is 4. The second kappa shape index (κ2) is 8.06. The third-order valence-corrected chi connectivity index (χ3v) is 4.39. The van der Waals surface area contributed by atoms with Crippen LogP contribution >= 0.6 is 0 Å². The van der Waals surface area contributed by atoms with Crippen molar-refractivity contribution in [3.8, 4) is 11.5 Å². The first kappa shape index (κ1) is 17.4. The highest BCUT2D eigenvalue weighted by molar-refractivity contribution is 7.84. The van der Waals surface area contributed by atoms with Gasteiger partial charge in [-0.1, -0.05) is 32.0 Å². The molecule has 0 aliphatic heterocycles. The van der Waals surface area contributed by atoms with Crippen LogP contribution in [0.25, 0.3) is 11.5 Å². The number of carbonyl (C=O) groups is 1. The maximum atomic E-state index is 12.1. The van der Waals surface area contributed by atoms with Crippen LogP contribution in [0.2, 0.25) is 0 Å². The van der Waals surface area contributed by atoms with Crippen LogP contribution in [0.15, 0.2) is 34.7 Å². The number of hydrogen-bond donors (Lipinski definition) is 1. The Hall–Kier alpha value is -1.95. The average molecular weight is 334 g/mol. The molecule has 2 rings (SSSR count). The molecule has 0 bridgehead atoms. The molecule has 0 spiro atoms. The first-order valence-electron chi connectivity index (χ1n) is 7.59. The third kappa shape index (κ3) is 5.32. The number of aryl methyl sites for hydroxylation is 1. The lowest BCUT2D eigenvalue weighted by Crippen LogP contribution is -2.31. The first-order chi connectivity index (χ1) is 11.0. The van der Waals surface area contributed by atoms with E-state index in [9.17, 15) is 9.00 Å². The van der Waals surface area contributed by atoms with Crippen molar-refractivity contribution < 1.29 is 13.4 Å². The second-order valence-corrected chi connectivity index (χ2v) is 7.27. The minimum Gasteiger partial charge on any atom is -0.441 e. The van der Waals surface area contributed by atoms with E-state index >= 15 is 0 Å². The molecule has 1 aromatic heterocycles. The predicted octanol–water partition coefficient (Wildman–Crippen LogP) is 2.67. The van der Waals surface area contributed by atoms with Crippen molar-refractivity contribution in [1.29, 1.82) is 0 Å². The summed E-state index contributed by atoms with van der Waals surface area (Å²) >= 11 is 0. The Bertz CT molecular complexity index is 680. The van der Waals surface area contributed by atoms with Crippen molar-refractivity contribution in [2.24, 2.45) is 5.92 Å². The monoisotopic (exact) mass is 334 g/mol. The molecule has 5 nitrogen and oxygen atoms in total. The molecule has 6 heteroatoms. The van der Waals surface area contributed by atoms with Crippen LogP contribution in [0.3, 0.4) is 0 Å². The van der Waals surface area contributed by atoms with Gasteiger partial charge in [-0.15, -0.1) is 0 Å². The van der Waals surface area contributed by atoms with Crippen molar-refractivity contribution in [2.75, 3.05) is 12.3 Å². The van der Waals surface area contributed by atoms with Gasteiger partial charge in [-0.05, 0) is 25.0 Å². The van der Waals surface area contributed by atoms with E-state index in [1.165, 1.54) is 0 Å². The van der Waals surface area contributed by atoms with Crippen LogP contribution in [-0.4, -0.2) is 27.4 Å². The van der Waals surface area contributed by atoms with Gasteiger partial charge < -0.3 is 9.73 Å². The molecule has 23 heavy (non-hydrogen) atoms. The Labute approximate surface area is 139 Å². The van der Waals surface area contributed by atoms with Crippen LogP contribution in [-0.2, 0) is 21.3 Å². The largest absolute Gasteiger partial charge is 0.441 e.